The minimum atomic E-state index is -1.37. The Hall–Kier alpha value is -4.00. The van der Waals surface area contributed by atoms with Crippen molar-refractivity contribution < 1.29 is 33.8 Å². The fraction of sp³-hybridized carbons (Fsp3) is 0.500. The second-order valence-electron chi connectivity index (χ2n) is 13.7. The van der Waals surface area contributed by atoms with E-state index in [0.717, 1.165) is 24.3 Å². The lowest BCUT2D eigenvalue weighted by molar-refractivity contribution is -0.159. The van der Waals surface area contributed by atoms with Gasteiger partial charge in [0.1, 0.15) is 17.7 Å². The van der Waals surface area contributed by atoms with Crippen LogP contribution in [-0.4, -0.2) is 101 Å². The average Bonchev–Trinajstić information content (AvgIpc) is 3.75. The maximum absolute atomic E-state index is 15.1. The molecule has 8 atom stereocenters. The Bertz CT molecular complexity index is 1600. The summed E-state index contributed by atoms with van der Waals surface area (Å²) >= 11 is 3.72. The van der Waals surface area contributed by atoms with Crippen LogP contribution in [0, 0.1) is 11.8 Å². The molecule has 3 aliphatic heterocycles. The molecule has 1 unspecified atom stereocenters. The lowest BCUT2D eigenvalue weighted by atomic mass is 9.70. The largest absolute Gasteiger partial charge is 0.460 e. The van der Waals surface area contributed by atoms with Crippen molar-refractivity contribution in [3.8, 4) is 0 Å². The molecular weight excluding hydrogens is 728 g/mol. The number of aliphatic hydroxyl groups is 1. The molecule has 280 valence electrons. The second kappa shape index (κ2) is 17.2. The van der Waals surface area contributed by atoms with E-state index in [0.29, 0.717) is 18.5 Å². The molecule has 2 bridgehead atoms. The van der Waals surface area contributed by atoms with Gasteiger partial charge in [0.15, 0.2) is 0 Å². The molecule has 3 fully saturated rings. The molecule has 5 rings (SSSR count). The molecule has 0 aromatic heterocycles. The van der Waals surface area contributed by atoms with Crippen molar-refractivity contribution in [3.63, 3.8) is 0 Å². The molecule has 52 heavy (non-hydrogen) atoms. The van der Waals surface area contributed by atoms with Gasteiger partial charge >= 0.3 is 5.97 Å². The summed E-state index contributed by atoms with van der Waals surface area (Å²) in [5.41, 5.74) is 1.16. The number of benzene rings is 2. The van der Waals surface area contributed by atoms with Gasteiger partial charge in [0.2, 0.25) is 11.8 Å². The van der Waals surface area contributed by atoms with Gasteiger partial charge in [-0.2, -0.15) is 0 Å². The number of carbonyl (C=O) groups excluding carboxylic acids is 4. The van der Waals surface area contributed by atoms with Crippen LogP contribution in [-0.2, 0) is 35.1 Å². The predicted molar refractivity (Wildman–Crippen MR) is 204 cm³/mol. The molecule has 2 N–H and O–H groups in total. The molecule has 3 saturated heterocycles. The van der Waals surface area contributed by atoms with Gasteiger partial charge in [0, 0.05) is 42.3 Å². The van der Waals surface area contributed by atoms with Gasteiger partial charge in [-0.05, 0) is 69.9 Å². The zero-order chi connectivity index (χ0) is 37.6. The first-order chi connectivity index (χ1) is 25.0. The zero-order valence-electron chi connectivity index (χ0n) is 30.3. The number of esters is 1. The van der Waals surface area contributed by atoms with Gasteiger partial charge in [-0.3, -0.25) is 19.2 Å². The Balaban J connectivity index is 1.51. The number of carbonyl (C=O) groups is 4. The van der Waals surface area contributed by atoms with E-state index in [9.17, 15) is 19.5 Å². The molecule has 0 radical (unpaired) electrons. The van der Waals surface area contributed by atoms with E-state index in [-0.39, 0.29) is 42.6 Å². The maximum atomic E-state index is 15.1. The molecular formula is C40H51BrN4O7. The second-order valence-corrected chi connectivity index (χ2v) is 14.9. The fourth-order valence-electron chi connectivity index (χ4n) is 8.08. The Kier molecular flexibility index (Phi) is 13.0. The Morgan fingerprint density at radius 2 is 1.77 bits per heavy atom. The number of hydrogen-bond acceptors (Lipinski definition) is 8. The van der Waals surface area contributed by atoms with E-state index < -0.39 is 60.2 Å². The van der Waals surface area contributed by atoms with Gasteiger partial charge in [0.25, 0.3) is 5.91 Å². The molecule has 12 heteroatoms. The lowest BCUT2D eigenvalue weighted by Gasteiger charge is -2.39. The van der Waals surface area contributed by atoms with Crippen molar-refractivity contribution in [1.82, 2.24) is 10.2 Å². The van der Waals surface area contributed by atoms with Gasteiger partial charge in [-0.25, -0.2) is 0 Å². The maximum Gasteiger partial charge on any atom is 0.312 e. The number of anilines is 2. The third-order valence-corrected chi connectivity index (χ3v) is 11.3. The first-order valence-corrected chi connectivity index (χ1v) is 19.1. The van der Waals surface area contributed by atoms with Crippen molar-refractivity contribution in [2.24, 2.45) is 11.8 Å². The molecule has 2 aromatic carbocycles. The predicted octanol–water partition coefficient (Wildman–Crippen LogP) is 4.42. The Labute approximate surface area is 315 Å². The fourth-order valence-corrected chi connectivity index (χ4v) is 9.02. The minimum Gasteiger partial charge on any atom is -0.460 e. The summed E-state index contributed by atoms with van der Waals surface area (Å²) in [5, 5.41) is 13.6. The topological polar surface area (TPSA) is 129 Å². The minimum absolute atomic E-state index is 0.0991. The standard InChI is InChI=1S/C40H51BrN4O7/c1-6-10-16-32(47)42-24-26(5)51-39(50)33-34-37(48)45(30(25-46)22-27-14-12-11-13-15-27)36(40(34)23-31(41)35(33)52-40)38(49)44(21-7-2)29-19-17-28(18-20-29)43(8-3)9-4/h6-7,11-15,17-20,26,30-31,33-36,46H,1-2,8-10,16,21-25H2,3-5H3,(H,42,47)/t26-,30-,31?,33+,34-,35+,36+,40-/m1/s1. The van der Waals surface area contributed by atoms with Crippen LogP contribution in [0.1, 0.15) is 45.6 Å². The third kappa shape index (κ3) is 7.70. The van der Waals surface area contributed by atoms with E-state index in [2.05, 4.69) is 53.2 Å². The lowest BCUT2D eigenvalue weighted by Crippen LogP contribution is -2.59. The smallest absolute Gasteiger partial charge is 0.312 e. The first-order valence-electron chi connectivity index (χ1n) is 18.2. The number of amides is 3. The summed E-state index contributed by atoms with van der Waals surface area (Å²) in [6.45, 7) is 14.9. The van der Waals surface area contributed by atoms with Crippen LogP contribution in [0.25, 0.3) is 0 Å². The van der Waals surface area contributed by atoms with Gasteiger partial charge in [0.05, 0.1) is 37.1 Å². The van der Waals surface area contributed by atoms with Crippen LogP contribution in [0.2, 0.25) is 0 Å². The van der Waals surface area contributed by atoms with Crippen LogP contribution < -0.4 is 15.1 Å². The van der Waals surface area contributed by atoms with Gasteiger partial charge in [-0.15, -0.1) is 13.2 Å². The summed E-state index contributed by atoms with van der Waals surface area (Å²) in [7, 11) is 0. The summed E-state index contributed by atoms with van der Waals surface area (Å²) in [6, 6.07) is 15.3. The molecule has 3 heterocycles. The highest BCUT2D eigenvalue weighted by Crippen LogP contribution is 2.61. The van der Waals surface area contributed by atoms with Crippen molar-refractivity contribution in [2.75, 3.05) is 42.6 Å². The van der Waals surface area contributed by atoms with Crippen LogP contribution >= 0.6 is 15.9 Å². The van der Waals surface area contributed by atoms with Crippen molar-refractivity contribution in [2.45, 2.75) is 81.2 Å². The highest BCUT2D eigenvalue weighted by molar-refractivity contribution is 9.09. The highest BCUT2D eigenvalue weighted by Gasteiger charge is 2.77. The molecule has 1 spiro atoms. The van der Waals surface area contributed by atoms with E-state index in [1.54, 1.807) is 24.0 Å². The number of alkyl halides is 1. The number of halogens is 1. The van der Waals surface area contributed by atoms with E-state index in [1.165, 1.54) is 4.90 Å². The van der Waals surface area contributed by atoms with Crippen molar-refractivity contribution >= 4 is 51.0 Å². The number of likely N-dealkylation sites (tertiary alicyclic amines) is 1. The summed E-state index contributed by atoms with van der Waals surface area (Å²) in [6.07, 6.45) is 3.28. The number of rotatable bonds is 18. The summed E-state index contributed by atoms with van der Waals surface area (Å²) in [5.74, 6) is -3.67. The first kappa shape index (κ1) is 39.2. The average molecular weight is 780 g/mol. The number of fused-ring (bicyclic) bond motifs is 1. The summed E-state index contributed by atoms with van der Waals surface area (Å²) in [4.78, 5) is 61.1. The molecule has 0 saturated carbocycles. The van der Waals surface area contributed by atoms with Crippen LogP contribution in [0.15, 0.2) is 79.9 Å². The number of nitrogens with one attached hydrogen (secondary N) is 1. The number of ether oxygens (including phenoxy) is 2. The Morgan fingerprint density at radius 3 is 2.38 bits per heavy atom. The zero-order valence-corrected chi connectivity index (χ0v) is 31.9. The van der Waals surface area contributed by atoms with Crippen LogP contribution in [0.5, 0.6) is 0 Å². The quantitative estimate of drug-likeness (QED) is 0.129. The highest BCUT2D eigenvalue weighted by atomic mass is 79.9. The van der Waals surface area contributed by atoms with E-state index >= 15 is 4.79 Å². The van der Waals surface area contributed by atoms with Crippen LogP contribution in [0.4, 0.5) is 11.4 Å². The van der Waals surface area contributed by atoms with Crippen molar-refractivity contribution in [3.05, 3.63) is 85.5 Å². The molecule has 11 nitrogen and oxygen atoms in total. The monoisotopic (exact) mass is 778 g/mol. The summed E-state index contributed by atoms with van der Waals surface area (Å²) < 4.78 is 12.6. The SMILES string of the molecule is C=CCCC(=O)NC[C@@H](C)OC(=O)[C@@H]1[C@H]2O[C@@]3(CC2Br)[C@H](C(=O)N(CC=C)c2ccc(N(CC)CC)cc2)N([C@@H](CO)Cc2ccccc2)C(=O)[C@@H]13. The number of allylic oxidation sites excluding steroid dienone is 1. The molecule has 2 aromatic rings. The number of nitrogens with zero attached hydrogens (tertiary/aromatic N) is 3. The van der Waals surface area contributed by atoms with Crippen LogP contribution in [0.3, 0.4) is 0 Å². The van der Waals surface area contributed by atoms with E-state index in [4.69, 9.17) is 9.47 Å². The number of aliphatic hydroxyl groups excluding tert-OH is 1. The number of hydrogen-bond donors (Lipinski definition) is 2. The molecule has 0 aliphatic carbocycles. The third-order valence-electron chi connectivity index (χ3n) is 10.5. The van der Waals surface area contributed by atoms with E-state index in [1.807, 2.05) is 54.6 Å². The Morgan fingerprint density at radius 1 is 1.10 bits per heavy atom. The normalized spacial score (nSPS) is 25.6. The van der Waals surface area contributed by atoms with Crippen molar-refractivity contribution in [1.29, 1.82) is 0 Å². The van der Waals surface area contributed by atoms with Gasteiger partial charge < -0.3 is 34.6 Å². The van der Waals surface area contributed by atoms with Gasteiger partial charge in [-0.1, -0.05) is 58.4 Å². The molecule has 3 amide bonds. The molecule has 3 aliphatic rings.